The predicted molar refractivity (Wildman–Crippen MR) is 90.6 cm³/mol. The predicted octanol–water partition coefficient (Wildman–Crippen LogP) is 3.85. The molecule has 0 saturated heterocycles. The van der Waals surface area contributed by atoms with Crippen molar-refractivity contribution in [3.05, 3.63) is 66.4 Å². The van der Waals surface area contributed by atoms with Crippen LogP contribution in [0.2, 0.25) is 0 Å². The van der Waals surface area contributed by atoms with Crippen molar-refractivity contribution in [1.29, 1.82) is 0 Å². The summed E-state index contributed by atoms with van der Waals surface area (Å²) in [6.45, 7) is 1.96. The van der Waals surface area contributed by atoms with Gasteiger partial charge in [-0.2, -0.15) is 4.98 Å². The maximum absolute atomic E-state index is 5.80. The third-order valence-corrected chi connectivity index (χ3v) is 3.15. The Balaban J connectivity index is 1.84. The number of hydrogen-bond acceptors (Lipinski definition) is 5. The van der Waals surface area contributed by atoms with Gasteiger partial charge in [0, 0.05) is 28.8 Å². The summed E-state index contributed by atoms with van der Waals surface area (Å²) in [5.74, 6) is 1.29. The van der Waals surface area contributed by atoms with E-state index in [4.69, 9.17) is 5.73 Å². The lowest BCUT2D eigenvalue weighted by Gasteiger charge is -2.11. The lowest BCUT2D eigenvalue weighted by Crippen LogP contribution is -2.02. The van der Waals surface area contributed by atoms with Crippen LogP contribution in [-0.2, 0) is 0 Å². The van der Waals surface area contributed by atoms with Crippen molar-refractivity contribution in [3.63, 3.8) is 0 Å². The number of rotatable bonds is 4. The van der Waals surface area contributed by atoms with Crippen LogP contribution in [-0.4, -0.2) is 9.97 Å². The smallest absolute Gasteiger partial charge is 0.229 e. The minimum Gasteiger partial charge on any atom is -0.399 e. The molecule has 0 fully saturated rings. The second-order valence-electron chi connectivity index (χ2n) is 4.97. The average molecular weight is 291 g/mol. The molecule has 3 rings (SSSR count). The van der Waals surface area contributed by atoms with E-state index in [1.165, 1.54) is 0 Å². The van der Waals surface area contributed by atoms with E-state index in [1.54, 1.807) is 6.20 Å². The molecule has 2 aromatic carbocycles. The van der Waals surface area contributed by atoms with Gasteiger partial charge in [-0.05, 0) is 37.3 Å². The molecule has 110 valence electrons. The first kappa shape index (κ1) is 13.9. The molecule has 0 aliphatic carbocycles. The monoisotopic (exact) mass is 291 g/mol. The molecule has 0 amide bonds. The van der Waals surface area contributed by atoms with Crippen LogP contribution in [0.5, 0.6) is 0 Å². The molecule has 0 radical (unpaired) electrons. The summed E-state index contributed by atoms with van der Waals surface area (Å²) in [6, 6.07) is 17.4. The van der Waals surface area contributed by atoms with Crippen molar-refractivity contribution in [1.82, 2.24) is 9.97 Å². The van der Waals surface area contributed by atoms with Crippen LogP contribution in [0.1, 0.15) is 5.56 Å². The lowest BCUT2D eigenvalue weighted by atomic mass is 10.2. The quantitative estimate of drug-likeness (QED) is 0.636. The van der Waals surface area contributed by atoms with Crippen molar-refractivity contribution >= 4 is 28.8 Å². The molecule has 0 saturated carbocycles. The van der Waals surface area contributed by atoms with E-state index in [0.29, 0.717) is 11.6 Å². The van der Waals surface area contributed by atoms with Gasteiger partial charge in [-0.15, -0.1) is 0 Å². The zero-order valence-electron chi connectivity index (χ0n) is 12.2. The molecular formula is C17H17N5. The van der Waals surface area contributed by atoms with Crippen molar-refractivity contribution in [2.45, 2.75) is 6.92 Å². The Morgan fingerprint density at radius 3 is 2.45 bits per heavy atom. The Bertz CT molecular complexity index is 771. The third kappa shape index (κ3) is 3.32. The Morgan fingerprint density at radius 2 is 1.68 bits per heavy atom. The fraction of sp³-hybridized carbons (Fsp3) is 0.0588. The fourth-order valence-corrected chi connectivity index (χ4v) is 2.03. The highest BCUT2D eigenvalue weighted by atomic mass is 15.1. The summed E-state index contributed by atoms with van der Waals surface area (Å²) in [5.41, 5.74) is 9.31. The minimum atomic E-state index is 0.545. The van der Waals surface area contributed by atoms with E-state index >= 15 is 0 Å². The van der Waals surface area contributed by atoms with Gasteiger partial charge in [0.25, 0.3) is 0 Å². The number of hydrogen-bond donors (Lipinski definition) is 3. The number of nitrogens with zero attached hydrogens (tertiary/aromatic N) is 2. The van der Waals surface area contributed by atoms with Crippen molar-refractivity contribution < 1.29 is 0 Å². The van der Waals surface area contributed by atoms with Crippen molar-refractivity contribution in [2.75, 3.05) is 16.4 Å². The van der Waals surface area contributed by atoms with Crippen LogP contribution in [0, 0.1) is 6.92 Å². The first-order chi connectivity index (χ1) is 10.7. The Kier molecular flexibility index (Phi) is 3.87. The second-order valence-corrected chi connectivity index (χ2v) is 4.97. The third-order valence-electron chi connectivity index (χ3n) is 3.15. The normalized spacial score (nSPS) is 10.2. The molecule has 0 aliphatic rings. The number of nitrogens with two attached hydrogens (primary N) is 1. The van der Waals surface area contributed by atoms with Crippen LogP contribution in [0.25, 0.3) is 0 Å². The Hall–Kier alpha value is -3.08. The Morgan fingerprint density at radius 1 is 0.909 bits per heavy atom. The topological polar surface area (TPSA) is 75.9 Å². The first-order valence-electron chi connectivity index (χ1n) is 6.99. The van der Waals surface area contributed by atoms with E-state index in [0.717, 1.165) is 22.8 Å². The standard InChI is InChI=1S/C17H17N5/c1-12-11-19-17(21-14-7-3-2-4-8-14)22-16(12)20-15-9-5-6-13(18)10-15/h2-11H,18H2,1H3,(H2,19,20,21,22). The van der Waals surface area contributed by atoms with Crippen molar-refractivity contribution in [3.8, 4) is 0 Å². The van der Waals surface area contributed by atoms with Gasteiger partial charge in [0.1, 0.15) is 5.82 Å². The van der Waals surface area contributed by atoms with E-state index in [-0.39, 0.29) is 0 Å². The summed E-state index contributed by atoms with van der Waals surface area (Å²) in [5, 5.41) is 6.45. The Labute approximate surface area is 129 Å². The number of anilines is 5. The van der Waals surface area contributed by atoms with Crippen LogP contribution in [0.15, 0.2) is 60.8 Å². The van der Waals surface area contributed by atoms with Crippen LogP contribution < -0.4 is 16.4 Å². The van der Waals surface area contributed by atoms with Gasteiger partial charge < -0.3 is 16.4 Å². The number of para-hydroxylation sites is 1. The molecule has 0 unspecified atom stereocenters. The molecular weight excluding hydrogens is 274 g/mol. The zero-order chi connectivity index (χ0) is 15.4. The van der Waals surface area contributed by atoms with Crippen molar-refractivity contribution in [2.24, 2.45) is 0 Å². The van der Waals surface area contributed by atoms with Gasteiger partial charge >= 0.3 is 0 Å². The number of nitrogen functional groups attached to an aromatic ring is 1. The second kappa shape index (κ2) is 6.13. The highest BCUT2D eigenvalue weighted by molar-refractivity contribution is 5.64. The molecule has 5 nitrogen and oxygen atoms in total. The molecule has 1 heterocycles. The number of aryl methyl sites for hydroxylation is 1. The van der Waals surface area contributed by atoms with Gasteiger partial charge in [-0.25, -0.2) is 4.98 Å². The summed E-state index contributed by atoms with van der Waals surface area (Å²) < 4.78 is 0. The van der Waals surface area contributed by atoms with Crippen LogP contribution in [0.4, 0.5) is 28.8 Å². The van der Waals surface area contributed by atoms with Crippen LogP contribution >= 0.6 is 0 Å². The largest absolute Gasteiger partial charge is 0.399 e. The van der Waals surface area contributed by atoms with Gasteiger partial charge in [-0.3, -0.25) is 0 Å². The average Bonchev–Trinajstić information content (AvgIpc) is 2.52. The molecule has 0 atom stereocenters. The van der Waals surface area contributed by atoms with Gasteiger partial charge in [0.05, 0.1) is 0 Å². The molecule has 0 spiro atoms. The fourth-order valence-electron chi connectivity index (χ4n) is 2.03. The number of benzene rings is 2. The van der Waals surface area contributed by atoms with Gasteiger partial charge in [0.2, 0.25) is 5.95 Å². The molecule has 0 aliphatic heterocycles. The molecule has 5 heteroatoms. The summed E-state index contributed by atoms with van der Waals surface area (Å²) in [4.78, 5) is 8.82. The van der Waals surface area contributed by atoms with E-state index in [1.807, 2.05) is 61.5 Å². The molecule has 22 heavy (non-hydrogen) atoms. The van der Waals surface area contributed by atoms with E-state index in [9.17, 15) is 0 Å². The van der Waals surface area contributed by atoms with E-state index in [2.05, 4.69) is 20.6 Å². The molecule has 0 bridgehead atoms. The highest BCUT2D eigenvalue weighted by Crippen LogP contribution is 2.21. The SMILES string of the molecule is Cc1cnc(Nc2ccccc2)nc1Nc1cccc(N)c1. The summed E-state index contributed by atoms with van der Waals surface area (Å²) >= 11 is 0. The number of nitrogens with one attached hydrogen (secondary N) is 2. The minimum absolute atomic E-state index is 0.545. The van der Waals surface area contributed by atoms with Gasteiger partial charge in [0.15, 0.2) is 0 Å². The number of aromatic nitrogens is 2. The first-order valence-corrected chi connectivity index (χ1v) is 6.99. The summed E-state index contributed by atoms with van der Waals surface area (Å²) in [7, 11) is 0. The highest BCUT2D eigenvalue weighted by Gasteiger charge is 2.05. The zero-order valence-corrected chi connectivity index (χ0v) is 12.2. The maximum atomic E-state index is 5.80. The van der Waals surface area contributed by atoms with E-state index < -0.39 is 0 Å². The molecule has 4 N–H and O–H groups in total. The van der Waals surface area contributed by atoms with Gasteiger partial charge in [-0.1, -0.05) is 24.3 Å². The van der Waals surface area contributed by atoms with Crippen LogP contribution in [0.3, 0.4) is 0 Å². The lowest BCUT2D eigenvalue weighted by molar-refractivity contribution is 1.13. The molecule has 3 aromatic rings. The maximum Gasteiger partial charge on any atom is 0.229 e. The molecule has 1 aromatic heterocycles. The summed E-state index contributed by atoms with van der Waals surface area (Å²) in [6.07, 6.45) is 1.78.